The fraction of sp³-hybridized carbons (Fsp3) is 0.727. The molecule has 1 amide bonds. The molecule has 3 atom stereocenters. The highest BCUT2D eigenvalue weighted by molar-refractivity contribution is 5.81. The normalized spacial score (nSPS) is 31.9. The molecule has 5 nitrogen and oxygen atoms in total. The minimum atomic E-state index is -1.16. The molecule has 1 rings (SSSR count). The van der Waals surface area contributed by atoms with Gasteiger partial charge < -0.3 is 10.4 Å². The maximum absolute atomic E-state index is 11.5. The zero-order valence-electron chi connectivity index (χ0n) is 9.02. The first-order valence-electron chi connectivity index (χ1n) is 5.46. The summed E-state index contributed by atoms with van der Waals surface area (Å²) in [5.41, 5.74) is 0. The van der Waals surface area contributed by atoms with Crippen LogP contribution in [0.3, 0.4) is 0 Å². The van der Waals surface area contributed by atoms with Crippen molar-refractivity contribution in [2.24, 2.45) is 11.8 Å². The summed E-state index contributed by atoms with van der Waals surface area (Å²) >= 11 is 0. The van der Waals surface area contributed by atoms with Crippen molar-refractivity contribution in [1.29, 1.82) is 10.5 Å². The summed E-state index contributed by atoms with van der Waals surface area (Å²) in [6, 6.07) is 3.89. The average Bonchev–Trinajstić information content (AvgIpc) is 2.27. The van der Waals surface area contributed by atoms with E-state index in [9.17, 15) is 9.90 Å². The molecule has 5 heteroatoms. The summed E-state index contributed by atoms with van der Waals surface area (Å²) in [6.45, 7) is 0. The quantitative estimate of drug-likeness (QED) is 0.628. The van der Waals surface area contributed by atoms with Crippen molar-refractivity contribution in [2.45, 2.75) is 38.3 Å². The molecule has 0 aromatic carbocycles. The second kappa shape index (κ2) is 6.09. The third kappa shape index (κ3) is 3.22. The number of aliphatic hydroxyl groups is 1. The van der Waals surface area contributed by atoms with Gasteiger partial charge in [0.2, 0.25) is 5.91 Å². The van der Waals surface area contributed by atoms with Crippen LogP contribution in [0, 0.1) is 34.5 Å². The lowest BCUT2D eigenvalue weighted by molar-refractivity contribution is -0.127. The molecule has 0 spiro atoms. The minimum Gasteiger partial charge on any atom is -0.372 e. The third-order valence-electron chi connectivity index (χ3n) is 2.82. The first-order chi connectivity index (χ1) is 7.69. The van der Waals surface area contributed by atoms with E-state index in [2.05, 4.69) is 5.32 Å². The van der Waals surface area contributed by atoms with Gasteiger partial charge in [0.1, 0.15) is 12.1 Å². The zero-order chi connectivity index (χ0) is 12.0. The Hall–Kier alpha value is -1.59. The van der Waals surface area contributed by atoms with Gasteiger partial charge in [-0.15, -0.1) is 0 Å². The lowest BCUT2D eigenvalue weighted by Gasteiger charge is -2.21. The van der Waals surface area contributed by atoms with Crippen LogP contribution in [0.1, 0.15) is 32.1 Å². The second-order valence-corrected chi connectivity index (χ2v) is 4.01. The van der Waals surface area contributed by atoms with Gasteiger partial charge in [0.05, 0.1) is 18.1 Å². The van der Waals surface area contributed by atoms with Gasteiger partial charge >= 0.3 is 0 Å². The highest BCUT2D eigenvalue weighted by Crippen LogP contribution is 2.18. The minimum absolute atomic E-state index is 0.475. The van der Waals surface area contributed by atoms with Gasteiger partial charge in [-0.05, 0) is 12.8 Å². The molecule has 3 unspecified atom stereocenters. The lowest BCUT2D eigenvalue weighted by Crippen LogP contribution is -2.43. The molecule has 1 saturated heterocycles. The van der Waals surface area contributed by atoms with Crippen LogP contribution in [0.25, 0.3) is 0 Å². The summed E-state index contributed by atoms with van der Waals surface area (Å²) in [5, 5.41) is 29.5. The Morgan fingerprint density at radius 2 is 1.88 bits per heavy atom. The molecular weight excluding hydrogens is 206 g/mol. The second-order valence-electron chi connectivity index (χ2n) is 4.01. The molecule has 0 aromatic heterocycles. The highest BCUT2D eigenvalue weighted by Gasteiger charge is 2.26. The van der Waals surface area contributed by atoms with E-state index in [-0.39, 0.29) is 0 Å². The van der Waals surface area contributed by atoms with Crippen molar-refractivity contribution in [3.05, 3.63) is 0 Å². The molecule has 86 valence electrons. The summed E-state index contributed by atoms with van der Waals surface area (Å²) in [6.07, 6.45) is 2.47. The van der Waals surface area contributed by atoms with Crippen molar-refractivity contribution >= 4 is 5.91 Å². The average molecular weight is 221 g/mol. The number of aliphatic hydroxyl groups excluding tert-OH is 1. The fourth-order valence-electron chi connectivity index (χ4n) is 1.78. The van der Waals surface area contributed by atoms with Crippen LogP contribution < -0.4 is 5.32 Å². The number of nitrogens with zero attached hydrogens (tertiary/aromatic N) is 2. The van der Waals surface area contributed by atoms with E-state index in [0.717, 1.165) is 19.3 Å². The van der Waals surface area contributed by atoms with E-state index in [1.165, 1.54) is 0 Å². The summed E-state index contributed by atoms with van der Waals surface area (Å²) in [5.74, 6) is -1.77. The maximum atomic E-state index is 11.5. The maximum Gasteiger partial charge on any atom is 0.239 e. The van der Waals surface area contributed by atoms with Crippen LogP contribution in [0.4, 0.5) is 0 Å². The molecule has 1 heterocycles. The number of carbonyl (C=O) groups excluding carboxylic acids is 1. The molecule has 0 aromatic rings. The Kier molecular flexibility index (Phi) is 4.75. The molecule has 1 aliphatic heterocycles. The van der Waals surface area contributed by atoms with Crippen LogP contribution in [0.15, 0.2) is 0 Å². The summed E-state index contributed by atoms with van der Waals surface area (Å²) < 4.78 is 0. The van der Waals surface area contributed by atoms with Crippen molar-refractivity contribution in [1.82, 2.24) is 5.32 Å². The predicted molar refractivity (Wildman–Crippen MR) is 55.4 cm³/mol. The molecule has 0 radical (unpaired) electrons. The molecule has 16 heavy (non-hydrogen) atoms. The van der Waals surface area contributed by atoms with Gasteiger partial charge in [0, 0.05) is 0 Å². The molecule has 1 fully saturated rings. The van der Waals surface area contributed by atoms with Crippen molar-refractivity contribution in [2.75, 3.05) is 0 Å². The third-order valence-corrected chi connectivity index (χ3v) is 2.82. The standard InChI is InChI=1S/C11H15N3O2/c12-6-8-4-2-1-3-5-9(7-13)11(16)14-10(8)15/h8-10,15H,1-5H2,(H,14,16). The Morgan fingerprint density at radius 3 is 2.50 bits per heavy atom. The topological polar surface area (TPSA) is 96.9 Å². The molecule has 0 aliphatic carbocycles. The van der Waals surface area contributed by atoms with Gasteiger partial charge in [0.15, 0.2) is 0 Å². The first kappa shape index (κ1) is 12.5. The Balaban J connectivity index is 2.70. The van der Waals surface area contributed by atoms with Crippen LogP contribution in [0.5, 0.6) is 0 Å². The van der Waals surface area contributed by atoms with E-state index in [4.69, 9.17) is 10.5 Å². The molecule has 0 saturated carbocycles. The predicted octanol–water partition coefficient (Wildman–Crippen LogP) is 0.665. The monoisotopic (exact) mass is 221 g/mol. The fourth-order valence-corrected chi connectivity index (χ4v) is 1.78. The van der Waals surface area contributed by atoms with Crippen LogP contribution in [0.2, 0.25) is 0 Å². The van der Waals surface area contributed by atoms with E-state index in [1.54, 1.807) is 0 Å². The number of carbonyl (C=O) groups is 1. The largest absolute Gasteiger partial charge is 0.372 e. The Morgan fingerprint density at radius 1 is 1.19 bits per heavy atom. The van der Waals surface area contributed by atoms with E-state index in [1.807, 2.05) is 12.1 Å². The van der Waals surface area contributed by atoms with Crippen molar-refractivity contribution in [3.8, 4) is 12.1 Å². The molecule has 2 N–H and O–H groups in total. The summed E-state index contributed by atoms with van der Waals surface area (Å²) in [7, 11) is 0. The van der Waals surface area contributed by atoms with Gasteiger partial charge in [-0.1, -0.05) is 19.3 Å². The zero-order valence-corrected chi connectivity index (χ0v) is 9.02. The lowest BCUT2D eigenvalue weighted by atomic mass is 9.95. The smallest absolute Gasteiger partial charge is 0.239 e. The van der Waals surface area contributed by atoms with Crippen molar-refractivity contribution in [3.63, 3.8) is 0 Å². The number of nitriles is 2. The Bertz CT molecular complexity index is 329. The Labute approximate surface area is 94.7 Å². The molecule has 1 aliphatic rings. The highest BCUT2D eigenvalue weighted by atomic mass is 16.3. The van der Waals surface area contributed by atoms with Gasteiger partial charge in [-0.2, -0.15) is 10.5 Å². The van der Waals surface area contributed by atoms with Crippen molar-refractivity contribution < 1.29 is 9.90 Å². The van der Waals surface area contributed by atoms with Gasteiger partial charge in [-0.25, -0.2) is 0 Å². The van der Waals surface area contributed by atoms with Gasteiger partial charge in [-0.3, -0.25) is 4.79 Å². The summed E-state index contributed by atoms with van der Waals surface area (Å²) in [4.78, 5) is 11.5. The van der Waals surface area contributed by atoms with E-state index >= 15 is 0 Å². The number of amides is 1. The van der Waals surface area contributed by atoms with E-state index in [0.29, 0.717) is 12.8 Å². The van der Waals surface area contributed by atoms with E-state index < -0.39 is 24.0 Å². The van der Waals surface area contributed by atoms with Crippen LogP contribution >= 0.6 is 0 Å². The first-order valence-corrected chi connectivity index (χ1v) is 5.46. The number of rotatable bonds is 0. The molecule has 0 bridgehead atoms. The van der Waals surface area contributed by atoms with Crippen LogP contribution in [-0.4, -0.2) is 17.2 Å². The molecular formula is C11H15N3O2. The number of hydrogen-bond acceptors (Lipinski definition) is 4. The number of nitrogens with one attached hydrogen (secondary N) is 1. The van der Waals surface area contributed by atoms with Gasteiger partial charge in [0.25, 0.3) is 0 Å². The SMILES string of the molecule is N#CC1CCCCCC(C#N)C(O)NC1=O. The number of hydrogen-bond donors (Lipinski definition) is 2. The van der Waals surface area contributed by atoms with Crippen LogP contribution in [-0.2, 0) is 4.79 Å².